The van der Waals surface area contributed by atoms with Gasteiger partial charge in [0.15, 0.2) is 0 Å². The summed E-state index contributed by atoms with van der Waals surface area (Å²) in [5.74, 6) is -0.210. The van der Waals surface area contributed by atoms with Crippen LogP contribution in [0.5, 0.6) is 0 Å². The number of likely N-dealkylation sites (tertiary alicyclic amines) is 1. The number of nitrogens with zero attached hydrogens (tertiary/aromatic N) is 3. The molecule has 3 atom stereocenters. The highest BCUT2D eigenvalue weighted by molar-refractivity contribution is 6.35. The maximum atomic E-state index is 12.4. The predicted molar refractivity (Wildman–Crippen MR) is 86.9 cm³/mol. The van der Waals surface area contributed by atoms with E-state index >= 15 is 0 Å². The topological polar surface area (TPSA) is 86.9 Å². The molecule has 7 nitrogen and oxygen atoms in total. The first-order valence-electron chi connectivity index (χ1n) is 8.12. The van der Waals surface area contributed by atoms with Gasteiger partial charge in [0, 0.05) is 38.8 Å². The van der Waals surface area contributed by atoms with Crippen LogP contribution in [0.25, 0.3) is 0 Å². The largest absolute Gasteiger partial charge is 0.341 e. The van der Waals surface area contributed by atoms with Gasteiger partial charge in [-0.25, -0.2) is 0 Å². The van der Waals surface area contributed by atoms with E-state index in [4.69, 9.17) is 5.73 Å². The summed E-state index contributed by atoms with van der Waals surface area (Å²) >= 11 is 0. The van der Waals surface area contributed by atoms with Crippen LogP contribution in [0.3, 0.4) is 0 Å². The molecule has 0 aromatic rings. The minimum absolute atomic E-state index is 0. The van der Waals surface area contributed by atoms with E-state index in [0.717, 1.165) is 19.4 Å². The molecule has 3 aliphatic rings. The zero-order valence-electron chi connectivity index (χ0n) is 13.4. The molecule has 3 amide bonds. The van der Waals surface area contributed by atoms with Gasteiger partial charge in [0.25, 0.3) is 0 Å². The molecule has 1 saturated carbocycles. The Hall–Kier alpha value is -1.34. The van der Waals surface area contributed by atoms with Gasteiger partial charge in [0.1, 0.15) is 6.54 Å². The quantitative estimate of drug-likeness (QED) is 0.685. The molecule has 130 valence electrons. The molecule has 0 aromatic heterocycles. The Balaban J connectivity index is 0.00000192. The fourth-order valence-corrected chi connectivity index (χ4v) is 3.94. The van der Waals surface area contributed by atoms with E-state index in [-0.39, 0.29) is 30.9 Å². The summed E-state index contributed by atoms with van der Waals surface area (Å²) < 4.78 is 0. The van der Waals surface area contributed by atoms with E-state index < -0.39 is 11.8 Å². The van der Waals surface area contributed by atoms with Crippen LogP contribution in [0.2, 0.25) is 0 Å². The Morgan fingerprint density at radius 1 is 1.13 bits per heavy atom. The Morgan fingerprint density at radius 3 is 2.43 bits per heavy atom. The Kier molecular flexibility index (Phi) is 5.52. The molecule has 0 aromatic carbocycles. The summed E-state index contributed by atoms with van der Waals surface area (Å²) in [7, 11) is 0. The fourth-order valence-electron chi connectivity index (χ4n) is 3.94. The molecule has 2 saturated heterocycles. The number of likely N-dealkylation sites (N-methyl/N-ethyl adjacent to an activating group) is 1. The van der Waals surface area contributed by atoms with Crippen molar-refractivity contribution in [3.63, 3.8) is 0 Å². The number of carbonyl (C=O) groups is 3. The van der Waals surface area contributed by atoms with Crippen LogP contribution < -0.4 is 5.73 Å². The number of rotatable bonds is 3. The molecule has 3 rings (SSSR count). The number of piperazine rings is 1. The lowest BCUT2D eigenvalue weighted by atomic mass is 9.98. The molecule has 23 heavy (non-hydrogen) atoms. The monoisotopic (exact) mass is 344 g/mol. The molecule has 3 unspecified atom stereocenters. The zero-order valence-corrected chi connectivity index (χ0v) is 14.3. The minimum atomic E-state index is -0.558. The van der Waals surface area contributed by atoms with E-state index in [1.165, 1.54) is 9.80 Å². The predicted octanol–water partition coefficient (Wildman–Crippen LogP) is -0.705. The van der Waals surface area contributed by atoms with Gasteiger partial charge >= 0.3 is 11.8 Å². The van der Waals surface area contributed by atoms with E-state index in [2.05, 4.69) is 0 Å². The highest BCUT2D eigenvalue weighted by Gasteiger charge is 2.43. The first-order valence-corrected chi connectivity index (χ1v) is 8.12. The summed E-state index contributed by atoms with van der Waals surface area (Å²) in [5.41, 5.74) is 6.08. The van der Waals surface area contributed by atoms with Crippen molar-refractivity contribution in [1.29, 1.82) is 0 Å². The number of nitrogens with two attached hydrogens (primary N) is 1. The third kappa shape index (κ3) is 3.30. The van der Waals surface area contributed by atoms with Gasteiger partial charge in [0.05, 0.1) is 0 Å². The lowest BCUT2D eigenvalue weighted by Crippen LogP contribution is -2.56. The van der Waals surface area contributed by atoms with Gasteiger partial charge < -0.3 is 20.4 Å². The van der Waals surface area contributed by atoms with Crippen LogP contribution in [0, 0.1) is 11.8 Å². The number of amides is 3. The molecule has 1 aliphatic carbocycles. The summed E-state index contributed by atoms with van der Waals surface area (Å²) in [6.45, 7) is 4.76. The number of carbonyl (C=O) groups excluding carboxylic acids is 3. The van der Waals surface area contributed by atoms with Crippen molar-refractivity contribution in [3.8, 4) is 0 Å². The van der Waals surface area contributed by atoms with E-state index in [1.807, 2.05) is 11.8 Å². The second-order valence-corrected chi connectivity index (χ2v) is 6.58. The number of hydrogen-bond acceptors (Lipinski definition) is 4. The van der Waals surface area contributed by atoms with Crippen LogP contribution in [-0.4, -0.2) is 77.7 Å². The fraction of sp³-hybridized carbons (Fsp3) is 0.800. The number of fused-ring (bicyclic) bond motifs is 1. The molecule has 2 aliphatic heterocycles. The minimum Gasteiger partial charge on any atom is -0.341 e. The lowest BCUT2D eigenvalue weighted by molar-refractivity contribution is -0.157. The molecule has 8 heteroatoms. The van der Waals surface area contributed by atoms with Crippen molar-refractivity contribution in [2.75, 3.05) is 39.3 Å². The summed E-state index contributed by atoms with van der Waals surface area (Å²) in [4.78, 5) is 41.0. The number of hydrogen-bond donors (Lipinski definition) is 1. The van der Waals surface area contributed by atoms with Gasteiger partial charge in [-0.1, -0.05) is 0 Å². The lowest BCUT2D eigenvalue weighted by Gasteiger charge is -2.33. The number of halogens is 1. The summed E-state index contributed by atoms with van der Waals surface area (Å²) in [5, 5.41) is 0. The average Bonchev–Trinajstić information content (AvgIpc) is 3.07. The van der Waals surface area contributed by atoms with Crippen LogP contribution in [0.4, 0.5) is 0 Å². The molecule has 2 heterocycles. The summed E-state index contributed by atoms with van der Waals surface area (Å²) in [6.07, 6.45) is 2.13. The van der Waals surface area contributed by atoms with Gasteiger partial charge in [-0.3, -0.25) is 14.4 Å². The van der Waals surface area contributed by atoms with Crippen molar-refractivity contribution in [3.05, 3.63) is 0 Å². The third-order valence-corrected chi connectivity index (χ3v) is 5.37. The third-order valence-electron chi connectivity index (χ3n) is 5.37. The van der Waals surface area contributed by atoms with Crippen LogP contribution >= 0.6 is 12.4 Å². The van der Waals surface area contributed by atoms with E-state index in [0.29, 0.717) is 38.0 Å². The van der Waals surface area contributed by atoms with Crippen LogP contribution in [-0.2, 0) is 14.4 Å². The van der Waals surface area contributed by atoms with Crippen molar-refractivity contribution in [1.82, 2.24) is 14.7 Å². The van der Waals surface area contributed by atoms with E-state index in [1.54, 1.807) is 0 Å². The normalized spacial score (nSPS) is 30.5. The molecule has 0 radical (unpaired) electrons. The van der Waals surface area contributed by atoms with Gasteiger partial charge in [0.2, 0.25) is 5.91 Å². The maximum absolute atomic E-state index is 12.4. The highest BCUT2D eigenvalue weighted by atomic mass is 35.5. The van der Waals surface area contributed by atoms with Crippen molar-refractivity contribution < 1.29 is 14.4 Å². The Bertz CT molecular complexity index is 501. The first kappa shape index (κ1) is 18.0. The first-order chi connectivity index (χ1) is 10.5. The van der Waals surface area contributed by atoms with Crippen LogP contribution in [0.15, 0.2) is 0 Å². The van der Waals surface area contributed by atoms with Crippen molar-refractivity contribution in [2.45, 2.75) is 25.8 Å². The molecular formula is C15H25ClN4O3. The highest BCUT2D eigenvalue weighted by Crippen LogP contribution is 2.37. The molecule has 3 fully saturated rings. The van der Waals surface area contributed by atoms with Crippen LogP contribution in [0.1, 0.15) is 19.8 Å². The molecule has 0 bridgehead atoms. The smallest absolute Gasteiger partial charge is 0.312 e. The second kappa shape index (κ2) is 7.05. The second-order valence-electron chi connectivity index (χ2n) is 6.58. The van der Waals surface area contributed by atoms with Gasteiger partial charge in [-0.2, -0.15) is 0 Å². The maximum Gasteiger partial charge on any atom is 0.312 e. The molecule has 2 N–H and O–H groups in total. The Labute approximate surface area is 142 Å². The van der Waals surface area contributed by atoms with Gasteiger partial charge in [-0.15, -0.1) is 12.4 Å². The average molecular weight is 345 g/mol. The standard InChI is InChI=1S/C15H24N4O3.ClH/c1-2-17-5-6-18(15(22)14(17)21)9-13(20)19-7-10-3-4-12(16)11(10)8-19;/h10-12H,2-9,16H2,1H3;1H. The molecular weight excluding hydrogens is 320 g/mol. The molecule has 0 spiro atoms. The van der Waals surface area contributed by atoms with E-state index in [9.17, 15) is 14.4 Å². The van der Waals surface area contributed by atoms with Gasteiger partial charge in [-0.05, 0) is 31.6 Å². The Morgan fingerprint density at radius 2 is 1.78 bits per heavy atom. The van der Waals surface area contributed by atoms with Crippen molar-refractivity contribution >= 4 is 30.1 Å². The zero-order chi connectivity index (χ0) is 15.9. The SMILES string of the molecule is CCN1CCN(CC(=O)N2CC3CCC(N)C3C2)C(=O)C1=O.Cl. The van der Waals surface area contributed by atoms with Crippen molar-refractivity contribution in [2.24, 2.45) is 17.6 Å². The summed E-state index contributed by atoms with van der Waals surface area (Å²) in [6, 6.07) is 0.194.